The number of ketones is 1. The van der Waals surface area contributed by atoms with Gasteiger partial charge in [-0.15, -0.1) is 10.2 Å². The first-order valence-electron chi connectivity index (χ1n) is 10.1. The zero-order valence-electron chi connectivity index (χ0n) is 18.0. The number of hydrogen-bond acceptors (Lipinski definition) is 6. The van der Waals surface area contributed by atoms with E-state index in [2.05, 4.69) is 20.1 Å². The maximum atomic E-state index is 13.0. The van der Waals surface area contributed by atoms with Crippen molar-refractivity contribution < 1.29 is 14.0 Å². The fourth-order valence-electron chi connectivity index (χ4n) is 3.53. The van der Waals surface area contributed by atoms with E-state index in [0.29, 0.717) is 23.0 Å². The standard InChI is InChI=1S/C23H23N5O3S/c1-15-10-21(16(2)27(15)12-20-8-5-9-31-20)22(30)13-32-23-26-24-14-28(23)19-7-4-6-18(11-19)25-17(3)29/h4-11,14H,12-13H2,1-3H3,(H,25,29). The molecule has 164 valence electrons. The van der Waals surface area contributed by atoms with E-state index in [-0.39, 0.29) is 17.4 Å². The Labute approximate surface area is 189 Å². The van der Waals surface area contributed by atoms with Crippen molar-refractivity contribution in [3.63, 3.8) is 0 Å². The summed E-state index contributed by atoms with van der Waals surface area (Å²) in [6, 6.07) is 13.1. The summed E-state index contributed by atoms with van der Waals surface area (Å²) in [6.45, 7) is 5.98. The summed E-state index contributed by atoms with van der Waals surface area (Å²) in [7, 11) is 0. The molecule has 0 fully saturated rings. The third kappa shape index (κ3) is 4.67. The Morgan fingerprint density at radius 2 is 2.00 bits per heavy atom. The van der Waals surface area contributed by atoms with E-state index >= 15 is 0 Å². The molecule has 4 aromatic rings. The third-order valence-corrected chi connectivity index (χ3v) is 6.00. The molecule has 8 nitrogen and oxygen atoms in total. The fraction of sp³-hybridized carbons (Fsp3) is 0.217. The molecule has 9 heteroatoms. The number of aryl methyl sites for hydroxylation is 1. The van der Waals surface area contributed by atoms with Crippen molar-refractivity contribution in [1.82, 2.24) is 19.3 Å². The summed E-state index contributed by atoms with van der Waals surface area (Å²) < 4.78 is 9.32. The van der Waals surface area contributed by atoms with Crippen LogP contribution >= 0.6 is 11.8 Å². The maximum Gasteiger partial charge on any atom is 0.221 e. The highest BCUT2D eigenvalue weighted by molar-refractivity contribution is 7.99. The van der Waals surface area contributed by atoms with Crippen molar-refractivity contribution >= 4 is 29.1 Å². The van der Waals surface area contributed by atoms with Gasteiger partial charge in [0.25, 0.3) is 0 Å². The first-order chi connectivity index (χ1) is 15.4. The molecule has 4 rings (SSSR count). The molecule has 0 aliphatic rings. The minimum Gasteiger partial charge on any atom is -0.467 e. The summed E-state index contributed by atoms with van der Waals surface area (Å²) in [6.07, 6.45) is 3.24. The number of hydrogen-bond donors (Lipinski definition) is 1. The minimum atomic E-state index is -0.143. The summed E-state index contributed by atoms with van der Waals surface area (Å²) >= 11 is 1.33. The molecule has 0 saturated heterocycles. The molecule has 32 heavy (non-hydrogen) atoms. The van der Waals surface area contributed by atoms with Crippen LogP contribution in [0.3, 0.4) is 0 Å². The molecule has 3 aromatic heterocycles. The van der Waals surface area contributed by atoms with Crippen LogP contribution in [-0.4, -0.2) is 36.8 Å². The van der Waals surface area contributed by atoms with Gasteiger partial charge in [0.2, 0.25) is 5.91 Å². The molecule has 1 N–H and O–H groups in total. The van der Waals surface area contributed by atoms with Gasteiger partial charge in [-0.2, -0.15) is 0 Å². The van der Waals surface area contributed by atoms with Gasteiger partial charge in [-0.05, 0) is 50.2 Å². The molecule has 3 heterocycles. The third-order valence-electron chi connectivity index (χ3n) is 5.06. The monoisotopic (exact) mass is 449 g/mol. The maximum absolute atomic E-state index is 13.0. The van der Waals surface area contributed by atoms with Gasteiger partial charge in [0.05, 0.1) is 24.2 Å². The highest BCUT2D eigenvalue weighted by Crippen LogP contribution is 2.24. The highest BCUT2D eigenvalue weighted by atomic mass is 32.2. The largest absolute Gasteiger partial charge is 0.467 e. The Morgan fingerprint density at radius 1 is 1.16 bits per heavy atom. The number of Topliss-reactive ketones (excluding diaryl/α,β-unsaturated/α-hetero) is 1. The van der Waals surface area contributed by atoms with Crippen LogP contribution in [0.5, 0.6) is 0 Å². The number of amides is 1. The lowest BCUT2D eigenvalue weighted by Gasteiger charge is -2.09. The number of benzene rings is 1. The molecule has 0 aliphatic heterocycles. The molecule has 1 aromatic carbocycles. The number of nitrogens with one attached hydrogen (secondary N) is 1. The van der Waals surface area contributed by atoms with Gasteiger partial charge in [0.1, 0.15) is 12.1 Å². The second kappa shape index (κ2) is 9.27. The summed E-state index contributed by atoms with van der Waals surface area (Å²) in [5.41, 5.74) is 4.09. The number of anilines is 1. The number of carbonyl (C=O) groups is 2. The van der Waals surface area contributed by atoms with Gasteiger partial charge < -0.3 is 14.3 Å². The lowest BCUT2D eigenvalue weighted by atomic mass is 10.2. The molecule has 0 bridgehead atoms. The molecule has 0 unspecified atom stereocenters. The topological polar surface area (TPSA) is 95.0 Å². The lowest BCUT2D eigenvalue weighted by Crippen LogP contribution is -2.08. The van der Waals surface area contributed by atoms with Crippen LogP contribution in [0.2, 0.25) is 0 Å². The second-order valence-corrected chi connectivity index (χ2v) is 8.32. The van der Waals surface area contributed by atoms with E-state index in [1.165, 1.54) is 18.7 Å². The highest BCUT2D eigenvalue weighted by Gasteiger charge is 2.18. The van der Waals surface area contributed by atoms with Gasteiger partial charge in [0, 0.05) is 29.6 Å². The fourth-order valence-corrected chi connectivity index (χ4v) is 4.34. The second-order valence-electron chi connectivity index (χ2n) is 7.38. The molecule has 0 saturated carbocycles. The van der Waals surface area contributed by atoms with E-state index < -0.39 is 0 Å². The van der Waals surface area contributed by atoms with Crippen LogP contribution in [0, 0.1) is 13.8 Å². The Hall–Kier alpha value is -3.59. The van der Waals surface area contributed by atoms with E-state index in [1.807, 2.05) is 56.3 Å². The average molecular weight is 450 g/mol. The van der Waals surface area contributed by atoms with Crippen LogP contribution in [0.15, 0.2) is 64.6 Å². The Balaban J connectivity index is 1.48. The van der Waals surface area contributed by atoms with E-state index in [0.717, 1.165) is 22.8 Å². The normalized spacial score (nSPS) is 11.0. The van der Waals surface area contributed by atoms with E-state index in [4.69, 9.17) is 4.42 Å². The molecule has 0 aliphatic carbocycles. The first kappa shape index (κ1) is 21.6. The Morgan fingerprint density at radius 3 is 2.75 bits per heavy atom. The van der Waals surface area contributed by atoms with Crippen molar-refractivity contribution in [3.8, 4) is 5.69 Å². The van der Waals surface area contributed by atoms with Crippen molar-refractivity contribution in [2.45, 2.75) is 32.5 Å². The molecule has 0 spiro atoms. The van der Waals surface area contributed by atoms with Gasteiger partial charge in [0.15, 0.2) is 10.9 Å². The smallest absolute Gasteiger partial charge is 0.221 e. The number of carbonyl (C=O) groups excluding carboxylic acids is 2. The van der Waals surface area contributed by atoms with Crippen LogP contribution in [0.1, 0.15) is 34.4 Å². The summed E-state index contributed by atoms with van der Waals surface area (Å²) in [5.74, 6) is 0.954. The quantitative estimate of drug-likeness (QED) is 0.319. The SMILES string of the molecule is CC(=O)Nc1cccc(-n2cnnc2SCC(=O)c2cc(C)n(Cc3ccco3)c2C)c1. The van der Waals surface area contributed by atoms with Gasteiger partial charge in [-0.1, -0.05) is 17.8 Å². The number of rotatable bonds is 8. The van der Waals surface area contributed by atoms with Crippen LogP contribution in [0.25, 0.3) is 5.69 Å². The first-order valence-corrected chi connectivity index (χ1v) is 11.0. The zero-order valence-corrected chi connectivity index (χ0v) is 18.8. The van der Waals surface area contributed by atoms with Gasteiger partial charge in [-0.3, -0.25) is 14.2 Å². The summed E-state index contributed by atoms with van der Waals surface area (Å²) in [4.78, 5) is 24.3. The van der Waals surface area contributed by atoms with Crippen molar-refractivity contribution in [3.05, 3.63) is 77.8 Å². The van der Waals surface area contributed by atoms with Crippen LogP contribution in [-0.2, 0) is 11.3 Å². The number of aromatic nitrogens is 4. The summed E-state index contributed by atoms with van der Waals surface area (Å²) in [5, 5.41) is 11.5. The van der Waals surface area contributed by atoms with Gasteiger partial charge in [-0.25, -0.2) is 0 Å². The van der Waals surface area contributed by atoms with Gasteiger partial charge >= 0.3 is 0 Å². The molecule has 1 amide bonds. The number of nitrogens with zero attached hydrogens (tertiary/aromatic N) is 4. The predicted molar refractivity (Wildman–Crippen MR) is 122 cm³/mol. The predicted octanol–water partition coefficient (Wildman–Crippen LogP) is 4.26. The molecular formula is C23H23N5O3S. The zero-order chi connectivity index (χ0) is 22.7. The van der Waals surface area contributed by atoms with Crippen LogP contribution in [0.4, 0.5) is 5.69 Å². The molecule has 0 atom stereocenters. The molecule has 0 radical (unpaired) electrons. The number of thioether (sulfide) groups is 1. The Kier molecular flexibility index (Phi) is 6.27. The Bertz CT molecular complexity index is 1260. The molecular weight excluding hydrogens is 426 g/mol. The van der Waals surface area contributed by atoms with Crippen LogP contribution < -0.4 is 5.32 Å². The van der Waals surface area contributed by atoms with E-state index in [9.17, 15) is 9.59 Å². The average Bonchev–Trinajstić information content (AvgIpc) is 3.49. The minimum absolute atomic E-state index is 0.0235. The van der Waals surface area contributed by atoms with Crippen molar-refractivity contribution in [2.24, 2.45) is 0 Å². The lowest BCUT2D eigenvalue weighted by molar-refractivity contribution is -0.114. The van der Waals surface area contributed by atoms with Crippen molar-refractivity contribution in [2.75, 3.05) is 11.1 Å². The number of furan rings is 1. The van der Waals surface area contributed by atoms with Crippen molar-refractivity contribution in [1.29, 1.82) is 0 Å². The van der Waals surface area contributed by atoms with E-state index in [1.54, 1.807) is 17.2 Å².